The van der Waals surface area contributed by atoms with E-state index < -0.39 is 54.6 Å². The molecule has 196 valence electrons. The molecule has 1 atom stereocenters. The van der Waals surface area contributed by atoms with E-state index in [4.69, 9.17) is 34.8 Å². The molecule has 0 radical (unpaired) electrons. The fraction of sp³-hybridized carbons (Fsp3) is 0.273. The molecule has 0 fully saturated rings. The summed E-state index contributed by atoms with van der Waals surface area (Å²) in [6.07, 6.45) is -9.23. The number of likely N-dealkylation sites (N-methyl/N-ethyl adjacent to an activating group) is 1. The Bertz CT molecular complexity index is 1130. The van der Waals surface area contributed by atoms with Crippen LogP contribution in [0.25, 0.3) is 5.83 Å². The molecule has 0 bridgehead atoms. The topological polar surface area (TPSA) is 49.4 Å². The molecular weight excluding hydrogens is 564 g/mol. The maximum Gasteiger partial charge on any atom is 0.405 e. The molecule has 14 heteroatoms. The van der Waals surface area contributed by atoms with Gasteiger partial charge in [0.15, 0.2) is 5.78 Å². The fourth-order valence-electron chi connectivity index (χ4n) is 2.88. The van der Waals surface area contributed by atoms with Crippen molar-refractivity contribution in [3.63, 3.8) is 0 Å². The summed E-state index contributed by atoms with van der Waals surface area (Å²) in [6.45, 7) is -2.19. The molecule has 0 aromatic heterocycles. The third-order valence-electron chi connectivity index (χ3n) is 4.68. The van der Waals surface area contributed by atoms with Crippen molar-refractivity contribution >= 4 is 52.4 Å². The Hall–Kier alpha value is -2.50. The lowest BCUT2D eigenvalue weighted by Crippen LogP contribution is -2.43. The number of alkyl halides is 6. The van der Waals surface area contributed by atoms with E-state index in [0.29, 0.717) is 11.0 Å². The average Bonchev–Trinajstić information content (AvgIpc) is 2.77. The highest BCUT2D eigenvalue weighted by molar-refractivity contribution is 6.48. The first-order valence-electron chi connectivity index (χ1n) is 9.77. The van der Waals surface area contributed by atoms with Crippen molar-refractivity contribution in [2.75, 3.05) is 20.1 Å². The molecule has 0 saturated carbocycles. The number of allylic oxidation sites excluding steroid dienone is 1. The fourth-order valence-corrected chi connectivity index (χ4v) is 3.49. The summed E-state index contributed by atoms with van der Waals surface area (Å²) in [5.41, 5.74) is -0.787. The smallest absolute Gasteiger partial charge is 0.329 e. The zero-order chi connectivity index (χ0) is 27.4. The van der Waals surface area contributed by atoms with Gasteiger partial charge in [-0.15, -0.1) is 0 Å². The minimum absolute atomic E-state index is 0.0503. The molecule has 0 aliphatic rings. The SMILES string of the molecule is CN(CC(=O)c1ccc(/C(F)=C/C(c2cc(Cl)c(Cl)c(Cl)c2)C(F)(F)F)cc1)C(=O)NCC(F)(F)F. The normalized spacial score (nSPS) is 13.4. The zero-order valence-corrected chi connectivity index (χ0v) is 20.3. The van der Waals surface area contributed by atoms with E-state index in [1.807, 2.05) is 0 Å². The van der Waals surface area contributed by atoms with E-state index in [-0.39, 0.29) is 26.2 Å². The number of hydrogen-bond acceptors (Lipinski definition) is 2. The number of urea groups is 1. The number of carbonyl (C=O) groups excluding carboxylic acids is 2. The van der Waals surface area contributed by atoms with Crippen LogP contribution in [0.5, 0.6) is 0 Å². The van der Waals surface area contributed by atoms with Gasteiger partial charge in [-0.2, -0.15) is 26.3 Å². The number of nitrogens with one attached hydrogen (secondary N) is 1. The first kappa shape index (κ1) is 29.7. The summed E-state index contributed by atoms with van der Waals surface area (Å²) in [5, 5.41) is 0.942. The molecule has 2 aromatic rings. The first-order valence-corrected chi connectivity index (χ1v) is 10.9. The lowest BCUT2D eigenvalue weighted by Gasteiger charge is -2.19. The molecule has 0 saturated heterocycles. The lowest BCUT2D eigenvalue weighted by atomic mass is 9.96. The Morgan fingerprint density at radius 2 is 1.47 bits per heavy atom. The van der Waals surface area contributed by atoms with Crippen LogP contribution in [-0.2, 0) is 0 Å². The van der Waals surface area contributed by atoms with Crippen molar-refractivity contribution in [3.8, 4) is 0 Å². The zero-order valence-electron chi connectivity index (χ0n) is 18.1. The summed E-state index contributed by atoms with van der Waals surface area (Å²) in [5.74, 6) is -4.38. The van der Waals surface area contributed by atoms with Crippen LogP contribution in [0.3, 0.4) is 0 Å². The Kier molecular flexibility index (Phi) is 9.66. The number of rotatable bonds is 7. The lowest BCUT2D eigenvalue weighted by molar-refractivity contribution is -0.139. The molecular formula is C22H16Cl3F7N2O2. The number of Topliss-reactive ketones (excluding diaryl/α,β-unsaturated/α-hetero) is 1. The van der Waals surface area contributed by atoms with Gasteiger partial charge in [0.05, 0.1) is 21.6 Å². The van der Waals surface area contributed by atoms with Crippen molar-refractivity contribution < 1.29 is 40.3 Å². The Labute approximate surface area is 215 Å². The number of halogens is 10. The molecule has 4 nitrogen and oxygen atoms in total. The van der Waals surface area contributed by atoms with E-state index >= 15 is 0 Å². The number of nitrogens with zero attached hydrogens (tertiary/aromatic N) is 1. The number of benzene rings is 2. The van der Waals surface area contributed by atoms with Crippen LogP contribution < -0.4 is 5.32 Å². The second kappa shape index (κ2) is 11.7. The van der Waals surface area contributed by atoms with Crippen LogP contribution in [-0.4, -0.2) is 49.2 Å². The number of amides is 2. The summed E-state index contributed by atoms with van der Waals surface area (Å²) in [7, 11) is 1.09. The Morgan fingerprint density at radius 3 is 1.94 bits per heavy atom. The van der Waals surface area contributed by atoms with Crippen molar-refractivity contribution in [2.24, 2.45) is 0 Å². The van der Waals surface area contributed by atoms with Crippen LogP contribution in [0.2, 0.25) is 15.1 Å². The van der Waals surface area contributed by atoms with E-state index in [0.717, 1.165) is 43.4 Å². The second-order valence-electron chi connectivity index (χ2n) is 7.46. The molecule has 1 N–H and O–H groups in total. The van der Waals surface area contributed by atoms with E-state index in [2.05, 4.69) is 0 Å². The van der Waals surface area contributed by atoms with E-state index in [1.54, 1.807) is 5.32 Å². The molecule has 2 aromatic carbocycles. The van der Waals surface area contributed by atoms with Gasteiger partial charge in [0.2, 0.25) is 0 Å². The predicted octanol–water partition coefficient (Wildman–Crippen LogP) is 7.69. The molecule has 2 rings (SSSR count). The number of ketones is 1. The summed E-state index contributed by atoms with van der Waals surface area (Å²) in [4.78, 5) is 24.6. The third kappa shape index (κ3) is 8.28. The largest absolute Gasteiger partial charge is 0.405 e. The predicted molar refractivity (Wildman–Crippen MR) is 122 cm³/mol. The molecule has 0 spiro atoms. The monoisotopic (exact) mass is 578 g/mol. The minimum atomic E-state index is -4.91. The van der Waals surface area contributed by atoms with Gasteiger partial charge in [-0.25, -0.2) is 9.18 Å². The number of hydrogen-bond donors (Lipinski definition) is 1. The third-order valence-corrected chi connectivity index (χ3v) is 5.88. The summed E-state index contributed by atoms with van der Waals surface area (Å²) in [6, 6.07) is 4.97. The highest BCUT2D eigenvalue weighted by Crippen LogP contribution is 2.42. The van der Waals surface area contributed by atoms with Crippen LogP contribution in [0.4, 0.5) is 35.5 Å². The summed E-state index contributed by atoms with van der Waals surface area (Å²) >= 11 is 17.4. The molecule has 0 aliphatic heterocycles. The van der Waals surface area contributed by atoms with E-state index in [1.165, 1.54) is 0 Å². The Morgan fingerprint density at radius 1 is 0.972 bits per heavy atom. The Balaban J connectivity index is 2.19. The van der Waals surface area contributed by atoms with Crippen molar-refractivity contribution in [1.82, 2.24) is 10.2 Å². The van der Waals surface area contributed by atoms with Gasteiger partial charge >= 0.3 is 18.4 Å². The molecule has 2 amide bonds. The molecule has 1 unspecified atom stereocenters. The van der Waals surface area contributed by atoms with Gasteiger partial charge in [0, 0.05) is 18.2 Å². The van der Waals surface area contributed by atoms with Crippen molar-refractivity contribution in [2.45, 2.75) is 18.3 Å². The van der Waals surface area contributed by atoms with Crippen LogP contribution in [0, 0.1) is 0 Å². The standard InChI is InChI=1S/C22H16Cl3F7N2O2/c1-34(20(36)33-10-21(27,28)29)9-18(35)12-4-2-11(3-5-12)17(26)8-14(22(30,31)32)13-6-15(23)19(25)16(24)7-13/h2-8,14H,9-10H2,1H3,(H,33,36)/b17-8-. The van der Waals surface area contributed by atoms with Crippen molar-refractivity contribution in [3.05, 3.63) is 74.2 Å². The van der Waals surface area contributed by atoms with Gasteiger partial charge < -0.3 is 10.2 Å². The summed E-state index contributed by atoms with van der Waals surface area (Å²) < 4.78 is 92.2. The maximum atomic E-state index is 14.7. The van der Waals surface area contributed by atoms with Crippen molar-refractivity contribution in [1.29, 1.82) is 0 Å². The maximum absolute atomic E-state index is 14.7. The first-order chi connectivity index (χ1) is 16.5. The average molecular weight is 580 g/mol. The van der Waals surface area contributed by atoms with E-state index in [9.17, 15) is 40.3 Å². The highest BCUT2D eigenvalue weighted by Gasteiger charge is 2.40. The van der Waals surface area contributed by atoms with Crippen LogP contribution in [0.15, 0.2) is 42.5 Å². The van der Waals surface area contributed by atoms with Gasteiger partial charge in [-0.1, -0.05) is 59.1 Å². The van der Waals surface area contributed by atoms with Gasteiger partial charge in [0.25, 0.3) is 0 Å². The number of carbonyl (C=O) groups is 2. The molecule has 0 aliphatic carbocycles. The quantitative estimate of drug-likeness (QED) is 0.208. The minimum Gasteiger partial charge on any atom is -0.329 e. The van der Waals surface area contributed by atoms with Crippen LogP contribution >= 0.6 is 34.8 Å². The van der Waals surface area contributed by atoms with Gasteiger partial charge in [-0.05, 0) is 23.8 Å². The highest BCUT2D eigenvalue weighted by atomic mass is 35.5. The van der Waals surface area contributed by atoms with Gasteiger partial charge in [0.1, 0.15) is 18.3 Å². The molecule has 36 heavy (non-hydrogen) atoms. The van der Waals surface area contributed by atoms with Gasteiger partial charge in [-0.3, -0.25) is 4.79 Å². The van der Waals surface area contributed by atoms with Crippen LogP contribution in [0.1, 0.15) is 27.4 Å². The second-order valence-corrected chi connectivity index (χ2v) is 8.66. The molecule has 0 heterocycles.